The monoisotopic (exact) mass is 794 g/mol. The van der Waals surface area contributed by atoms with Crippen molar-refractivity contribution in [2.45, 2.75) is 0 Å². The third-order valence-corrected chi connectivity index (χ3v) is 13.3. The topological polar surface area (TPSA) is 56.9 Å². The molecule has 1 aromatic heterocycles. The Morgan fingerprint density at radius 3 is 1.06 bits per heavy atom. The van der Waals surface area contributed by atoms with Gasteiger partial charge in [-0.25, -0.2) is 4.85 Å². The number of benzene rings is 9. The van der Waals surface area contributed by atoms with Gasteiger partial charge in [-0.3, -0.25) is 0 Å². The molecule has 4 nitrogen and oxygen atoms in total. The first-order valence-electron chi connectivity index (χ1n) is 21.2. The minimum absolute atomic E-state index is 0.289. The summed E-state index contributed by atoms with van der Waals surface area (Å²) in [6, 6.07) is 72.5. The Bertz CT molecular complexity index is 3350. The Morgan fingerprint density at radius 1 is 0.381 bits per heavy atom. The van der Waals surface area contributed by atoms with E-state index >= 15 is 0 Å². The van der Waals surface area contributed by atoms with Crippen molar-refractivity contribution < 1.29 is 0 Å². The largest absolute Gasteiger partial charge is 0.318 e. The zero-order valence-electron chi connectivity index (χ0n) is 33.9. The Labute approximate surface area is 366 Å². The number of fused-ring (bicyclic) bond motifs is 13. The Morgan fingerprint density at radius 2 is 0.698 bits per heavy atom. The molecule has 12 rings (SSSR count). The lowest BCUT2D eigenvalue weighted by atomic mass is 9.30. The number of para-hydroxylation sites is 2. The Hall–Kier alpha value is -8.62. The third-order valence-electron chi connectivity index (χ3n) is 13.3. The average molecular weight is 795 g/mol. The van der Waals surface area contributed by atoms with Crippen LogP contribution < -0.4 is 32.8 Å². The molecule has 2 aliphatic rings. The van der Waals surface area contributed by atoms with Crippen LogP contribution in [0.5, 0.6) is 0 Å². The smallest absolute Gasteiger partial charge is 0.246 e. The summed E-state index contributed by atoms with van der Waals surface area (Å²) in [6.07, 6.45) is 0. The molecule has 286 valence electrons. The van der Waals surface area contributed by atoms with Crippen LogP contribution >= 0.6 is 0 Å². The summed E-state index contributed by atoms with van der Waals surface area (Å²) in [4.78, 5) is 4.51. The molecule has 63 heavy (non-hydrogen) atoms. The van der Waals surface area contributed by atoms with Crippen LogP contribution in [0.3, 0.4) is 0 Å². The van der Waals surface area contributed by atoms with Crippen molar-refractivity contribution >= 4 is 73.7 Å². The van der Waals surface area contributed by atoms with Crippen molar-refractivity contribution in [2.75, 3.05) is 0 Å². The second kappa shape index (κ2) is 14.2. The van der Waals surface area contributed by atoms with Crippen molar-refractivity contribution in [3.8, 4) is 62.3 Å². The predicted octanol–water partition coefficient (Wildman–Crippen LogP) is 9.41. The van der Waals surface area contributed by atoms with E-state index in [1.54, 1.807) is 0 Å². The van der Waals surface area contributed by atoms with Gasteiger partial charge in [-0.15, -0.1) is 0 Å². The lowest BCUT2D eigenvalue weighted by Crippen LogP contribution is -2.60. The molecule has 10 aromatic rings. The molecule has 0 atom stereocenters. The van der Waals surface area contributed by atoms with Crippen LogP contribution in [-0.2, 0) is 0 Å². The van der Waals surface area contributed by atoms with Crippen molar-refractivity contribution in [1.29, 1.82) is 10.5 Å². The van der Waals surface area contributed by atoms with E-state index < -0.39 is 13.4 Å². The molecular weight excluding hydrogens is 762 g/mol. The summed E-state index contributed by atoms with van der Waals surface area (Å²) in [6.45, 7) is 8.20. The van der Waals surface area contributed by atoms with Crippen LogP contribution in [0.15, 0.2) is 194 Å². The van der Waals surface area contributed by atoms with Gasteiger partial charge in [0.2, 0.25) is 19.1 Å². The first-order chi connectivity index (χ1) is 31.2. The molecule has 0 amide bonds. The summed E-state index contributed by atoms with van der Waals surface area (Å²) < 4.78 is 2.12. The van der Waals surface area contributed by atoms with Gasteiger partial charge in [-0.2, -0.15) is 10.5 Å². The summed E-state index contributed by atoms with van der Waals surface area (Å²) in [5, 5.41) is 26.1. The van der Waals surface area contributed by atoms with Gasteiger partial charge < -0.3 is 4.57 Å². The number of nitrogens with zero attached hydrogens (tertiary/aromatic N) is 4. The highest BCUT2D eigenvalue weighted by molar-refractivity contribution is 7.01. The van der Waals surface area contributed by atoms with E-state index in [1.807, 2.05) is 24.3 Å². The summed E-state index contributed by atoms with van der Waals surface area (Å²) in [5.41, 5.74) is 16.9. The quantitative estimate of drug-likeness (QED) is 0.132. The molecule has 6 heteroatoms. The molecule has 0 spiro atoms. The molecule has 2 aliphatic heterocycles. The van der Waals surface area contributed by atoms with Crippen molar-refractivity contribution in [1.82, 2.24) is 4.57 Å². The van der Waals surface area contributed by atoms with E-state index in [0.29, 0.717) is 27.7 Å². The molecule has 9 aromatic carbocycles. The maximum absolute atomic E-state index is 12.1. The maximum atomic E-state index is 12.1. The molecule has 0 unspecified atom stereocenters. The Balaban J connectivity index is 1.33. The number of rotatable bonds is 3. The van der Waals surface area contributed by atoms with Gasteiger partial charge >= 0.3 is 0 Å². The normalized spacial score (nSPS) is 12.0. The molecule has 3 heterocycles. The van der Waals surface area contributed by atoms with Crippen molar-refractivity contribution in [3.05, 3.63) is 217 Å². The fourth-order valence-electron chi connectivity index (χ4n) is 10.9. The summed E-state index contributed by atoms with van der Waals surface area (Å²) in [7, 11) is 0. The molecule has 0 aliphatic carbocycles. The fourth-order valence-corrected chi connectivity index (χ4v) is 10.9. The summed E-state index contributed by atoms with van der Waals surface area (Å²) >= 11 is 0. The molecule has 0 saturated heterocycles. The van der Waals surface area contributed by atoms with Crippen LogP contribution in [0, 0.1) is 29.2 Å². The molecule has 0 N–H and O–H groups in total. The van der Waals surface area contributed by atoms with Crippen molar-refractivity contribution in [3.63, 3.8) is 0 Å². The lowest BCUT2D eigenvalue weighted by Gasteiger charge is -2.28. The number of hydrogen-bond donors (Lipinski definition) is 0. The standard InChI is InChI=1S/C57H32B2N4/c1-62-56-55(59-50-30-14-8-24-42(50)38-20-4-5-21-39(38)43-25-9-15-31-51(43)59)46(34-60)54(47(35-61)57(56)63-52-32-16-10-26-44(52)45-27-11-17-33-53(45)63)58-48-28-12-6-22-40(48)36-18-2-3-19-37(36)41-23-7-13-29-49(41)58/h2-33H. The predicted molar refractivity (Wildman–Crippen MR) is 260 cm³/mol. The van der Waals surface area contributed by atoms with Gasteiger partial charge in [0, 0.05) is 16.3 Å². The average Bonchev–Trinajstić information content (AvgIpc) is 3.54. The SMILES string of the molecule is [C-]#[N+]c1c(B2c3ccccc3-c3ccccc3-c3ccccc32)c(C#N)c(B2c3ccccc3-c3ccccc3-c3ccccc32)c(C#N)c1-n1c2ccccc2c2ccccc21. The van der Waals surface area contributed by atoms with Crippen molar-refractivity contribution in [2.24, 2.45) is 0 Å². The van der Waals surface area contributed by atoms with Crippen LogP contribution in [0.25, 0.3) is 76.8 Å². The van der Waals surface area contributed by atoms with Crippen LogP contribution in [0.2, 0.25) is 0 Å². The Kier molecular flexibility index (Phi) is 8.20. The second-order valence-electron chi connectivity index (χ2n) is 16.3. The van der Waals surface area contributed by atoms with E-state index in [0.717, 1.165) is 88.2 Å². The van der Waals surface area contributed by atoms with Gasteiger partial charge in [-0.05, 0) is 67.6 Å². The molecule has 0 fully saturated rings. The van der Waals surface area contributed by atoms with Gasteiger partial charge in [0.25, 0.3) is 0 Å². The van der Waals surface area contributed by atoms with Crippen LogP contribution in [0.1, 0.15) is 11.1 Å². The second-order valence-corrected chi connectivity index (χ2v) is 16.3. The minimum atomic E-state index is -0.562. The van der Waals surface area contributed by atoms with E-state index in [2.05, 4.69) is 191 Å². The van der Waals surface area contributed by atoms with E-state index in [4.69, 9.17) is 0 Å². The minimum Gasteiger partial charge on any atom is -0.318 e. The van der Waals surface area contributed by atoms with E-state index in [9.17, 15) is 17.1 Å². The molecule has 0 bridgehead atoms. The third kappa shape index (κ3) is 5.15. The van der Waals surface area contributed by atoms with E-state index in [1.165, 1.54) is 0 Å². The first-order valence-corrected chi connectivity index (χ1v) is 21.2. The highest BCUT2D eigenvalue weighted by Gasteiger charge is 2.42. The first kappa shape index (κ1) is 36.2. The number of nitriles is 2. The molecule has 0 radical (unpaired) electrons. The van der Waals surface area contributed by atoms with E-state index in [-0.39, 0.29) is 5.69 Å². The van der Waals surface area contributed by atoms with Gasteiger partial charge in [0.05, 0.1) is 41.0 Å². The zero-order valence-corrected chi connectivity index (χ0v) is 33.9. The van der Waals surface area contributed by atoms with Crippen LogP contribution in [0.4, 0.5) is 5.69 Å². The molecule has 0 saturated carbocycles. The van der Waals surface area contributed by atoms with Gasteiger partial charge in [0.1, 0.15) is 0 Å². The highest BCUT2D eigenvalue weighted by Crippen LogP contribution is 2.40. The van der Waals surface area contributed by atoms with Gasteiger partial charge in [-0.1, -0.05) is 204 Å². The zero-order chi connectivity index (χ0) is 42.2. The number of hydrogen-bond acceptors (Lipinski definition) is 2. The lowest BCUT2D eigenvalue weighted by molar-refractivity contribution is 1.18. The van der Waals surface area contributed by atoms with Gasteiger partial charge in [0.15, 0.2) is 0 Å². The highest BCUT2D eigenvalue weighted by atomic mass is 15.0. The summed E-state index contributed by atoms with van der Waals surface area (Å²) in [5.74, 6) is 0. The fraction of sp³-hybridized carbons (Fsp3) is 0. The molecular formula is C57H32B2N4. The number of aromatic nitrogens is 1. The maximum Gasteiger partial charge on any atom is 0.246 e. The van der Waals surface area contributed by atoms with Crippen LogP contribution in [-0.4, -0.2) is 18.0 Å².